The minimum atomic E-state index is -3.64. The van der Waals surface area contributed by atoms with Crippen LogP contribution in [-0.2, 0) is 27.9 Å². The van der Waals surface area contributed by atoms with Crippen LogP contribution in [0.5, 0.6) is 0 Å². The lowest BCUT2D eigenvalue weighted by molar-refractivity contribution is -0.135. The normalized spacial score (nSPS) is 16.0. The summed E-state index contributed by atoms with van der Waals surface area (Å²) >= 11 is 0. The molecular weight excluding hydrogens is 428 g/mol. The van der Waals surface area contributed by atoms with Crippen molar-refractivity contribution in [3.63, 3.8) is 0 Å². The first kappa shape index (κ1) is 22.3. The minimum absolute atomic E-state index is 0.0131. The highest BCUT2D eigenvalue weighted by Gasteiger charge is 2.29. The number of furan rings is 1. The van der Waals surface area contributed by atoms with E-state index in [1.807, 2.05) is 43.3 Å². The molecule has 1 saturated heterocycles. The maximum atomic E-state index is 13.3. The average Bonchev–Trinajstić information content (AvgIpc) is 3.51. The molecule has 9 heteroatoms. The van der Waals surface area contributed by atoms with E-state index in [1.54, 1.807) is 17.2 Å². The van der Waals surface area contributed by atoms with Crippen LogP contribution in [0.3, 0.4) is 0 Å². The number of hydrogen-bond donors (Lipinski definition) is 0. The number of carbonyl (C=O) groups is 1. The molecule has 0 spiro atoms. The number of nitrogens with zero attached hydrogens (tertiary/aromatic N) is 4. The molecule has 0 N–H and O–H groups in total. The van der Waals surface area contributed by atoms with E-state index in [2.05, 4.69) is 4.98 Å². The fourth-order valence-corrected chi connectivity index (χ4v) is 5.42. The van der Waals surface area contributed by atoms with Crippen LogP contribution in [-0.4, -0.2) is 46.2 Å². The number of carbonyl (C=O) groups excluding carboxylic acids is 1. The van der Waals surface area contributed by atoms with E-state index in [9.17, 15) is 13.2 Å². The van der Waals surface area contributed by atoms with Crippen molar-refractivity contribution < 1.29 is 17.6 Å². The van der Waals surface area contributed by atoms with E-state index in [0.29, 0.717) is 25.4 Å². The second-order valence-electron chi connectivity index (χ2n) is 8.04. The van der Waals surface area contributed by atoms with Crippen LogP contribution >= 0.6 is 0 Å². The number of benzene rings is 1. The molecule has 1 atom stereocenters. The molecule has 4 rings (SSSR count). The Bertz CT molecular complexity index is 1120. The molecule has 0 bridgehead atoms. The molecule has 1 aromatic carbocycles. The standard InChI is InChI=1S/C23H28N4O4S/c1-19(20-9-4-2-5-10-20)27(15-21-11-8-14-31-21)23(28)17-25-16-22(24-18-25)32(29,30)26-12-6-3-7-13-26/h2,4-5,8-11,14,16,18-19H,3,6-7,12-13,15,17H2,1H3/t19-/m0/s1. The number of hydrogen-bond acceptors (Lipinski definition) is 5. The molecule has 170 valence electrons. The van der Waals surface area contributed by atoms with Crippen molar-refractivity contribution in [2.45, 2.75) is 50.3 Å². The first-order chi connectivity index (χ1) is 15.4. The first-order valence-electron chi connectivity index (χ1n) is 10.8. The monoisotopic (exact) mass is 456 g/mol. The van der Waals surface area contributed by atoms with Gasteiger partial charge in [0.25, 0.3) is 10.0 Å². The predicted molar refractivity (Wildman–Crippen MR) is 119 cm³/mol. The van der Waals surface area contributed by atoms with Crippen LogP contribution in [0, 0.1) is 0 Å². The third-order valence-electron chi connectivity index (χ3n) is 5.82. The topological polar surface area (TPSA) is 88.6 Å². The lowest BCUT2D eigenvalue weighted by Crippen LogP contribution is -2.36. The molecule has 3 heterocycles. The van der Waals surface area contributed by atoms with Gasteiger partial charge in [0.05, 0.1) is 25.2 Å². The zero-order valence-electron chi connectivity index (χ0n) is 18.1. The molecule has 8 nitrogen and oxygen atoms in total. The highest BCUT2D eigenvalue weighted by atomic mass is 32.2. The summed E-state index contributed by atoms with van der Waals surface area (Å²) in [6.07, 6.45) is 7.20. The van der Waals surface area contributed by atoms with Gasteiger partial charge in [0.15, 0.2) is 5.03 Å². The van der Waals surface area contributed by atoms with Gasteiger partial charge in [0.2, 0.25) is 5.91 Å². The van der Waals surface area contributed by atoms with Gasteiger partial charge >= 0.3 is 0 Å². The molecule has 1 aliphatic heterocycles. The summed E-state index contributed by atoms with van der Waals surface area (Å²) in [5.41, 5.74) is 1.01. The van der Waals surface area contributed by atoms with Gasteiger partial charge in [-0.05, 0) is 37.5 Å². The number of imidazole rings is 1. The van der Waals surface area contributed by atoms with Crippen molar-refractivity contribution in [3.8, 4) is 0 Å². The SMILES string of the molecule is C[C@@H](c1ccccc1)N(Cc1ccco1)C(=O)Cn1cnc(S(=O)(=O)N2CCCCC2)c1. The fourth-order valence-electron chi connectivity index (χ4n) is 3.97. The summed E-state index contributed by atoms with van der Waals surface area (Å²) < 4.78 is 34.2. The third kappa shape index (κ3) is 4.94. The Balaban J connectivity index is 1.52. The maximum absolute atomic E-state index is 13.3. The zero-order valence-corrected chi connectivity index (χ0v) is 18.9. The molecule has 1 aliphatic rings. The summed E-state index contributed by atoms with van der Waals surface area (Å²) in [4.78, 5) is 19.1. The second kappa shape index (κ2) is 9.70. The van der Waals surface area contributed by atoms with Crippen molar-refractivity contribution >= 4 is 15.9 Å². The highest BCUT2D eigenvalue weighted by Crippen LogP contribution is 2.24. The molecule has 1 amide bonds. The average molecular weight is 457 g/mol. The predicted octanol–water partition coefficient (Wildman–Crippen LogP) is 3.44. The molecule has 32 heavy (non-hydrogen) atoms. The number of rotatable bonds is 8. The van der Waals surface area contributed by atoms with Crippen molar-refractivity contribution in [2.24, 2.45) is 0 Å². The van der Waals surface area contributed by atoms with E-state index in [0.717, 1.165) is 24.8 Å². The van der Waals surface area contributed by atoms with Gasteiger partial charge in [-0.2, -0.15) is 4.31 Å². The van der Waals surface area contributed by atoms with Crippen molar-refractivity contribution in [2.75, 3.05) is 13.1 Å². The highest BCUT2D eigenvalue weighted by molar-refractivity contribution is 7.89. The van der Waals surface area contributed by atoms with Crippen LogP contribution in [0.25, 0.3) is 0 Å². The number of aromatic nitrogens is 2. The smallest absolute Gasteiger partial charge is 0.262 e. The van der Waals surface area contributed by atoms with E-state index < -0.39 is 10.0 Å². The van der Waals surface area contributed by atoms with Crippen molar-refractivity contribution in [1.82, 2.24) is 18.8 Å². The minimum Gasteiger partial charge on any atom is -0.467 e. The van der Waals surface area contributed by atoms with Gasteiger partial charge in [-0.25, -0.2) is 13.4 Å². The summed E-state index contributed by atoms with van der Waals surface area (Å²) in [6.45, 7) is 3.30. The van der Waals surface area contributed by atoms with Crippen LogP contribution in [0.15, 0.2) is 70.7 Å². The van der Waals surface area contributed by atoms with E-state index in [1.165, 1.54) is 21.4 Å². The zero-order chi connectivity index (χ0) is 22.6. The van der Waals surface area contributed by atoms with Crippen LogP contribution < -0.4 is 0 Å². The lowest BCUT2D eigenvalue weighted by atomic mass is 10.1. The van der Waals surface area contributed by atoms with Gasteiger partial charge in [0.1, 0.15) is 12.3 Å². The van der Waals surface area contributed by atoms with Gasteiger partial charge in [-0.15, -0.1) is 0 Å². The van der Waals surface area contributed by atoms with Gasteiger partial charge in [-0.3, -0.25) is 4.79 Å². The Morgan fingerprint density at radius 1 is 1.12 bits per heavy atom. The molecule has 0 saturated carbocycles. The number of sulfonamides is 1. The van der Waals surface area contributed by atoms with Gasteiger partial charge < -0.3 is 13.9 Å². The van der Waals surface area contributed by atoms with Crippen LogP contribution in [0.1, 0.15) is 43.6 Å². The Labute approximate surface area is 188 Å². The molecule has 0 unspecified atom stereocenters. The van der Waals surface area contributed by atoms with Crippen LogP contribution in [0.4, 0.5) is 0 Å². The second-order valence-corrected chi connectivity index (χ2v) is 9.92. The molecular formula is C23H28N4O4S. The van der Waals surface area contributed by atoms with Crippen molar-refractivity contribution in [3.05, 3.63) is 72.6 Å². The van der Waals surface area contributed by atoms with Crippen LogP contribution in [0.2, 0.25) is 0 Å². The quantitative estimate of drug-likeness (QED) is 0.518. The lowest BCUT2D eigenvalue weighted by Gasteiger charge is -2.29. The first-order valence-corrected chi connectivity index (χ1v) is 12.3. The Morgan fingerprint density at radius 3 is 2.56 bits per heavy atom. The van der Waals surface area contributed by atoms with E-state index in [4.69, 9.17) is 4.42 Å². The van der Waals surface area contributed by atoms with Crippen molar-refractivity contribution in [1.29, 1.82) is 0 Å². The molecule has 0 radical (unpaired) electrons. The third-order valence-corrected chi connectivity index (χ3v) is 7.61. The number of amides is 1. The van der Waals surface area contributed by atoms with Gasteiger partial charge in [0, 0.05) is 19.3 Å². The summed E-state index contributed by atoms with van der Waals surface area (Å²) in [5.74, 6) is 0.525. The molecule has 2 aromatic heterocycles. The molecule has 1 fully saturated rings. The summed E-state index contributed by atoms with van der Waals surface area (Å²) in [7, 11) is -3.64. The Hall–Kier alpha value is -2.91. The van der Waals surface area contributed by atoms with Gasteiger partial charge in [-0.1, -0.05) is 36.8 Å². The maximum Gasteiger partial charge on any atom is 0.262 e. The largest absolute Gasteiger partial charge is 0.467 e. The summed E-state index contributed by atoms with van der Waals surface area (Å²) in [5, 5.41) is -0.0131. The van der Waals surface area contributed by atoms with E-state index in [-0.39, 0.29) is 23.5 Å². The van der Waals surface area contributed by atoms with E-state index >= 15 is 0 Å². The fraction of sp³-hybridized carbons (Fsp3) is 0.391. The molecule has 3 aromatic rings. The summed E-state index contributed by atoms with van der Waals surface area (Å²) in [6, 6.07) is 13.2. The Morgan fingerprint density at radius 2 is 1.88 bits per heavy atom. The number of piperidine rings is 1. The Kier molecular flexibility index (Phi) is 6.76. The molecule has 0 aliphatic carbocycles.